The Labute approximate surface area is 891 Å². The van der Waals surface area contributed by atoms with Crippen molar-refractivity contribution in [2.24, 2.45) is 0 Å². The molecule has 0 saturated carbocycles. The minimum Gasteiger partial charge on any atom is -0.0683 e. The van der Waals surface area contributed by atoms with Gasteiger partial charge in [0.2, 0.25) is 0 Å². The first-order valence-corrected chi connectivity index (χ1v) is 54.9. The van der Waals surface area contributed by atoms with E-state index in [2.05, 4.69) is 343 Å². The molecule has 0 N–H and O–H groups in total. The van der Waals surface area contributed by atoms with Crippen LogP contribution in [0.2, 0.25) is 0 Å². The standard InChI is InChI=1S/2C14H10.3C12H18.2C10H8.5C6H6.15C2H6/c2*1-2-6-12-10-14-8-4-3-7-13(14)9-11(12)5-1;3*1-7-8(2)10(4)12(6)11(5)9(7)3;2*1-2-6-10-8-4-3-7-9(10)5-1;5*1-2-4-6-5-3-1;15*1-2/h2*1-10H;3*1-6H3;2*1-8H;5*1-6H;15*1-2H3. The van der Waals surface area contributed by atoms with E-state index in [1.54, 1.807) is 0 Å². The molecule has 0 radical (unpaired) electrons. The van der Waals surface area contributed by atoms with Crippen LogP contribution in [0.4, 0.5) is 0 Å². The lowest BCUT2D eigenvalue weighted by Gasteiger charge is -2.15. The molecule has 0 bridgehead atoms. The Hall–Kier alpha value is -12.5. The van der Waals surface area contributed by atoms with E-state index < -0.39 is 0 Å². The van der Waals surface area contributed by atoms with Crippen LogP contribution in [0.5, 0.6) is 0 Å². The Balaban J connectivity index is -0.000000194. The van der Waals surface area contributed by atoms with Gasteiger partial charge in [-0.3, -0.25) is 0 Å². The molecule has 144 heavy (non-hydrogen) atoms. The molecule has 18 aromatic carbocycles. The molecule has 0 aliphatic carbocycles. The molecule has 786 valence electrons. The summed E-state index contributed by atoms with van der Waals surface area (Å²) in [7, 11) is 0. The number of hydrogen-bond acceptors (Lipinski definition) is 0. The van der Waals surface area contributed by atoms with Crippen LogP contribution in [-0.4, -0.2) is 0 Å². The molecule has 0 aliphatic rings. The van der Waals surface area contributed by atoms with E-state index >= 15 is 0 Å². The van der Waals surface area contributed by atoms with E-state index in [9.17, 15) is 0 Å². The van der Waals surface area contributed by atoms with Crippen LogP contribution in [-0.2, 0) is 0 Å². The third-order valence-electron chi connectivity index (χ3n) is 22.0. The summed E-state index contributed by atoms with van der Waals surface area (Å²) < 4.78 is 0. The van der Waals surface area contributed by atoms with E-state index in [-0.39, 0.29) is 0 Å². The van der Waals surface area contributed by atoms with Gasteiger partial charge in [0.15, 0.2) is 0 Å². The third-order valence-corrected chi connectivity index (χ3v) is 22.0. The van der Waals surface area contributed by atoms with Crippen LogP contribution in [0.15, 0.2) is 400 Å². The van der Waals surface area contributed by atoms with Gasteiger partial charge in [-0.1, -0.05) is 584 Å². The lowest BCUT2D eigenvalue weighted by molar-refractivity contribution is 1.13. The first kappa shape index (κ1) is 149. The summed E-state index contributed by atoms with van der Waals surface area (Å²) in [5, 5.41) is 15.7. The van der Waals surface area contributed by atoms with Crippen LogP contribution in [0, 0.1) is 125 Å². The SMILES string of the molecule is CC.CC.CC.CC.CC.CC.CC.CC.CC.CC.CC.CC.CC.CC.CC.Cc1c(C)c(C)c(C)c(C)c1C.Cc1c(C)c(C)c(C)c(C)c1C.Cc1c(C)c(C)c(C)c(C)c1C.c1ccc2cc3ccccc3cc2c1.c1ccc2cc3ccccc3cc2c1.c1ccc2ccccc2c1.c1ccc2ccccc2c1.c1ccccc1.c1ccccc1.c1ccccc1.c1ccccc1.c1ccccc1. The monoisotopic (exact) mass is 1940 g/mol. The molecular weight excluding hydrogens is 1730 g/mol. The van der Waals surface area contributed by atoms with Gasteiger partial charge < -0.3 is 0 Å². The molecule has 0 unspecified atom stereocenters. The fraction of sp³-hybridized carbons (Fsp3) is 0.333. The molecule has 18 aromatic rings. The molecule has 0 spiro atoms. The van der Waals surface area contributed by atoms with E-state index in [1.165, 1.54) is 165 Å². The average molecular weight is 1940 g/mol. The summed E-state index contributed by atoms with van der Waals surface area (Å²) in [6.45, 7) is 99.8. The van der Waals surface area contributed by atoms with Crippen LogP contribution in [0.3, 0.4) is 0 Å². The van der Waals surface area contributed by atoms with E-state index in [1.807, 2.05) is 390 Å². The molecule has 0 saturated heterocycles. The molecule has 0 amide bonds. The maximum Gasteiger partial charge on any atom is -0.0178 e. The molecule has 0 fully saturated rings. The van der Waals surface area contributed by atoms with Crippen molar-refractivity contribution >= 4 is 64.6 Å². The summed E-state index contributed by atoms with van der Waals surface area (Å²) in [5.41, 5.74) is 26.2. The largest absolute Gasteiger partial charge is 0.0683 e. The van der Waals surface area contributed by atoms with Gasteiger partial charge in [-0.05, 0) is 314 Å². The highest BCUT2D eigenvalue weighted by atomic mass is 14.2. The zero-order valence-electron chi connectivity index (χ0n) is 101. The van der Waals surface area contributed by atoms with Crippen LogP contribution in [0.1, 0.15) is 308 Å². The topological polar surface area (TPSA) is 0 Å². The zero-order valence-corrected chi connectivity index (χ0v) is 101. The molecule has 0 heterocycles. The quantitative estimate of drug-likeness (QED) is 0.133. The van der Waals surface area contributed by atoms with E-state index in [0.29, 0.717) is 0 Å². The number of fused-ring (bicyclic) bond motifs is 6. The highest BCUT2D eigenvalue weighted by Crippen LogP contribution is 2.29. The van der Waals surface area contributed by atoms with E-state index in [0.717, 1.165) is 0 Å². The predicted molar refractivity (Wildman–Crippen MR) is 678 cm³/mol. The molecule has 0 aromatic heterocycles. The van der Waals surface area contributed by atoms with Gasteiger partial charge in [0.05, 0.1) is 0 Å². The minimum absolute atomic E-state index is 1.31. The first-order valence-electron chi connectivity index (χ1n) is 54.9. The fourth-order valence-corrected chi connectivity index (χ4v) is 13.0. The van der Waals surface area contributed by atoms with Crippen molar-refractivity contribution < 1.29 is 0 Å². The second-order valence-corrected chi connectivity index (χ2v) is 28.8. The number of hydrogen-bond donors (Lipinski definition) is 0. The summed E-state index contributed by atoms with van der Waals surface area (Å²) in [5.74, 6) is 0. The predicted octanol–water partition coefficient (Wildman–Crippen LogP) is 48.1. The van der Waals surface area contributed by atoms with Crippen molar-refractivity contribution in [3.8, 4) is 0 Å². The molecular formula is C144H210. The van der Waals surface area contributed by atoms with Crippen LogP contribution in [0.25, 0.3) is 64.6 Å². The lowest BCUT2D eigenvalue weighted by Crippen LogP contribution is -1.98. The molecule has 0 atom stereocenters. The maximum atomic E-state index is 2.24. The van der Waals surface area contributed by atoms with Crippen LogP contribution >= 0.6 is 0 Å². The molecule has 0 nitrogen and oxygen atoms in total. The Morgan fingerprint density at radius 3 is 0.174 bits per heavy atom. The average Bonchev–Trinajstić information content (AvgIpc) is 0.825. The van der Waals surface area contributed by atoms with Gasteiger partial charge in [0, 0.05) is 0 Å². The van der Waals surface area contributed by atoms with Crippen molar-refractivity contribution in [1.82, 2.24) is 0 Å². The summed E-state index contributed by atoms with van der Waals surface area (Å²) in [6.07, 6.45) is 0. The number of rotatable bonds is 0. The Morgan fingerprint density at radius 2 is 0.118 bits per heavy atom. The lowest BCUT2D eigenvalue weighted by atomic mass is 9.90. The van der Waals surface area contributed by atoms with E-state index in [4.69, 9.17) is 0 Å². The molecule has 0 aliphatic heterocycles. The highest BCUT2D eigenvalue weighted by Gasteiger charge is 2.11. The van der Waals surface area contributed by atoms with Crippen molar-refractivity contribution in [1.29, 1.82) is 0 Å². The Morgan fingerprint density at radius 1 is 0.0694 bits per heavy atom. The summed E-state index contributed by atoms with van der Waals surface area (Å²) >= 11 is 0. The minimum atomic E-state index is 1.31. The summed E-state index contributed by atoms with van der Waals surface area (Å²) in [4.78, 5) is 0. The molecule has 18 rings (SSSR count). The normalized spacial score (nSPS) is 8.42. The zero-order chi connectivity index (χ0) is 112. The molecule has 0 heteroatoms. The highest BCUT2D eigenvalue weighted by molar-refractivity contribution is 5.99. The number of benzene rings is 18. The van der Waals surface area contributed by atoms with Gasteiger partial charge >= 0.3 is 0 Å². The fourth-order valence-electron chi connectivity index (χ4n) is 13.0. The van der Waals surface area contributed by atoms with Crippen molar-refractivity contribution in [2.75, 3.05) is 0 Å². The second-order valence-electron chi connectivity index (χ2n) is 28.8. The van der Waals surface area contributed by atoms with Crippen LogP contribution < -0.4 is 0 Å². The second kappa shape index (κ2) is 106. The van der Waals surface area contributed by atoms with Crippen molar-refractivity contribution in [2.45, 2.75) is 332 Å². The van der Waals surface area contributed by atoms with Gasteiger partial charge in [0.1, 0.15) is 0 Å². The smallest absolute Gasteiger partial charge is 0.0178 e. The summed E-state index contributed by atoms with van der Waals surface area (Å²) in [6, 6.07) is 136. The van der Waals surface area contributed by atoms with Gasteiger partial charge in [-0.15, -0.1) is 0 Å². The van der Waals surface area contributed by atoms with Gasteiger partial charge in [-0.25, -0.2) is 0 Å². The first-order chi connectivity index (χ1) is 70.2. The Kier molecular flexibility index (Phi) is 110. The van der Waals surface area contributed by atoms with Crippen molar-refractivity contribution in [3.63, 3.8) is 0 Å². The maximum absolute atomic E-state index is 2.24. The van der Waals surface area contributed by atoms with Crippen molar-refractivity contribution in [3.05, 3.63) is 501 Å². The Bertz CT molecular complexity index is 4480. The third kappa shape index (κ3) is 62.2. The van der Waals surface area contributed by atoms with Gasteiger partial charge in [-0.2, -0.15) is 0 Å². The van der Waals surface area contributed by atoms with Gasteiger partial charge in [0.25, 0.3) is 0 Å².